The Bertz CT molecular complexity index is 336. The largest absolute Gasteiger partial charge is 0.497 e. The van der Waals surface area contributed by atoms with Crippen LogP contribution >= 0.6 is 12.4 Å². The van der Waals surface area contributed by atoms with Gasteiger partial charge in [0.15, 0.2) is 0 Å². The maximum absolute atomic E-state index is 4.91. The molecule has 0 saturated heterocycles. The molecule has 0 radical (unpaired) electrons. The van der Waals surface area contributed by atoms with Gasteiger partial charge >= 0.3 is 0 Å². The highest BCUT2D eigenvalue weighted by Gasteiger charge is 1.80. The van der Waals surface area contributed by atoms with E-state index < -0.39 is 0 Å². The number of methoxy groups -OCH3 is 2. The minimum absolute atomic E-state index is 0. The smallest absolute Gasteiger partial charge is 0.118 e. The van der Waals surface area contributed by atoms with Gasteiger partial charge in [0.1, 0.15) is 11.5 Å². The predicted molar refractivity (Wildman–Crippen MR) is 73.2 cm³/mol. The zero-order chi connectivity index (χ0) is 11.6. The van der Waals surface area contributed by atoms with E-state index in [0.29, 0.717) is 0 Å². The van der Waals surface area contributed by atoms with Crippen molar-refractivity contribution in [1.29, 1.82) is 0 Å². The van der Waals surface area contributed by atoms with Crippen LogP contribution in [0.4, 0.5) is 0 Å². The van der Waals surface area contributed by atoms with Crippen LogP contribution in [0.15, 0.2) is 60.7 Å². The van der Waals surface area contributed by atoms with E-state index in [1.54, 1.807) is 14.2 Å². The predicted octanol–water partition coefficient (Wildman–Crippen LogP) is 3.81. The summed E-state index contributed by atoms with van der Waals surface area (Å²) >= 11 is 0. The second-order valence-electron chi connectivity index (χ2n) is 3.03. The molecule has 0 aromatic heterocycles. The summed E-state index contributed by atoms with van der Waals surface area (Å²) in [6.07, 6.45) is 0. The van der Waals surface area contributed by atoms with Gasteiger partial charge in [-0.05, 0) is 24.3 Å². The molecule has 0 amide bonds. The molecule has 0 atom stereocenters. The van der Waals surface area contributed by atoms with Crippen LogP contribution in [-0.2, 0) is 0 Å². The third kappa shape index (κ3) is 6.48. The van der Waals surface area contributed by atoms with E-state index in [1.165, 1.54) is 0 Å². The molecule has 2 rings (SSSR count). The molecule has 2 nitrogen and oxygen atoms in total. The van der Waals surface area contributed by atoms with Gasteiger partial charge in [-0.3, -0.25) is 0 Å². The van der Waals surface area contributed by atoms with Gasteiger partial charge in [-0.25, -0.2) is 0 Å². The lowest BCUT2D eigenvalue weighted by molar-refractivity contribution is 0.414. The molecule has 0 aliphatic carbocycles. The summed E-state index contributed by atoms with van der Waals surface area (Å²) in [5, 5.41) is 0. The molecule has 0 aliphatic heterocycles. The second kappa shape index (κ2) is 9.55. The first-order valence-corrected chi connectivity index (χ1v) is 5.05. The van der Waals surface area contributed by atoms with Crippen LogP contribution in [0.25, 0.3) is 0 Å². The molecule has 0 fully saturated rings. The Labute approximate surface area is 109 Å². The van der Waals surface area contributed by atoms with Crippen molar-refractivity contribution < 1.29 is 9.47 Å². The van der Waals surface area contributed by atoms with E-state index in [2.05, 4.69) is 0 Å². The number of benzene rings is 2. The van der Waals surface area contributed by atoms with Crippen LogP contribution in [0.2, 0.25) is 0 Å². The third-order valence-corrected chi connectivity index (χ3v) is 1.96. The Kier molecular flexibility index (Phi) is 8.61. The van der Waals surface area contributed by atoms with Crippen LogP contribution in [0, 0.1) is 0 Å². The molecule has 92 valence electrons. The average Bonchev–Trinajstić information content (AvgIpc) is 2.41. The lowest BCUT2D eigenvalue weighted by Crippen LogP contribution is -1.78. The normalized spacial score (nSPS) is 8.12. The van der Waals surface area contributed by atoms with Gasteiger partial charge in [0.2, 0.25) is 0 Å². The summed E-state index contributed by atoms with van der Waals surface area (Å²) in [6, 6.07) is 19.4. The molecule has 0 saturated carbocycles. The highest BCUT2D eigenvalue weighted by molar-refractivity contribution is 5.85. The number of halogens is 1. The highest BCUT2D eigenvalue weighted by atomic mass is 35.5. The Hall–Kier alpha value is -1.67. The van der Waals surface area contributed by atoms with Gasteiger partial charge in [-0.2, -0.15) is 0 Å². The van der Waals surface area contributed by atoms with Crippen molar-refractivity contribution in [2.75, 3.05) is 14.2 Å². The molecule has 2 aromatic carbocycles. The Morgan fingerprint density at radius 1 is 0.588 bits per heavy atom. The molecule has 2 aromatic rings. The Morgan fingerprint density at radius 3 is 1.06 bits per heavy atom. The summed E-state index contributed by atoms with van der Waals surface area (Å²) < 4.78 is 9.83. The molecular weight excluding hydrogens is 236 g/mol. The van der Waals surface area contributed by atoms with Crippen LogP contribution in [0.3, 0.4) is 0 Å². The first-order chi connectivity index (χ1) is 7.86. The Balaban J connectivity index is 0.000000284. The van der Waals surface area contributed by atoms with Crippen molar-refractivity contribution >= 4 is 12.4 Å². The zero-order valence-corrected chi connectivity index (χ0v) is 10.8. The third-order valence-electron chi connectivity index (χ3n) is 1.96. The molecule has 0 heterocycles. The summed E-state index contributed by atoms with van der Waals surface area (Å²) in [6.45, 7) is 0. The molecular formula is C14H17ClO2. The maximum Gasteiger partial charge on any atom is 0.118 e. The Morgan fingerprint density at radius 2 is 0.882 bits per heavy atom. The number of para-hydroxylation sites is 2. The fraction of sp³-hybridized carbons (Fsp3) is 0.143. The van der Waals surface area contributed by atoms with Crippen molar-refractivity contribution in [2.45, 2.75) is 0 Å². The minimum Gasteiger partial charge on any atom is -0.497 e. The zero-order valence-electron chi connectivity index (χ0n) is 10.00. The molecule has 17 heavy (non-hydrogen) atoms. The van der Waals surface area contributed by atoms with Crippen molar-refractivity contribution in [2.24, 2.45) is 0 Å². The standard InChI is InChI=1S/2C7H8O.ClH/c2*1-8-7-5-3-2-4-6-7;/h2*2-6H,1H3;1H. The molecule has 0 N–H and O–H groups in total. The SMILES string of the molecule is COc1ccccc1.COc1ccccc1.Cl. The van der Waals surface area contributed by atoms with E-state index in [-0.39, 0.29) is 12.4 Å². The topological polar surface area (TPSA) is 18.5 Å². The average molecular weight is 253 g/mol. The fourth-order valence-electron chi connectivity index (χ4n) is 1.11. The van der Waals surface area contributed by atoms with Crippen molar-refractivity contribution in [1.82, 2.24) is 0 Å². The lowest BCUT2D eigenvalue weighted by Gasteiger charge is -1.93. The molecule has 0 unspecified atom stereocenters. The van der Waals surface area contributed by atoms with Crippen molar-refractivity contribution in [3.05, 3.63) is 60.7 Å². The van der Waals surface area contributed by atoms with Gasteiger partial charge in [-0.15, -0.1) is 12.4 Å². The molecule has 0 spiro atoms. The summed E-state index contributed by atoms with van der Waals surface area (Å²) in [5.74, 6) is 1.82. The van der Waals surface area contributed by atoms with Crippen molar-refractivity contribution in [3.63, 3.8) is 0 Å². The van der Waals surface area contributed by atoms with Crippen LogP contribution in [-0.4, -0.2) is 14.2 Å². The second-order valence-corrected chi connectivity index (χ2v) is 3.03. The minimum atomic E-state index is 0. The summed E-state index contributed by atoms with van der Waals surface area (Å²) in [7, 11) is 3.32. The first-order valence-electron chi connectivity index (χ1n) is 5.05. The molecule has 3 heteroatoms. The lowest BCUT2D eigenvalue weighted by atomic mass is 10.3. The van der Waals surface area contributed by atoms with Crippen LogP contribution in [0.5, 0.6) is 11.5 Å². The number of ether oxygens (including phenoxy) is 2. The van der Waals surface area contributed by atoms with Crippen molar-refractivity contribution in [3.8, 4) is 11.5 Å². The maximum atomic E-state index is 4.91. The summed E-state index contributed by atoms with van der Waals surface area (Å²) in [4.78, 5) is 0. The number of hydrogen-bond acceptors (Lipinski definition) is 2. The van der Waals surface area contributed by atoms with Gasteiger partial charge in [0.25, 0.3) is 0 Å². The molecule has 0 aliphatic rings. The van der Waals surface area contributed by atoms with Gasteiger partial charge < -0.3 is 9.47 Å². The van der Waals surface area contributed by atoms with E-state index in [4.69, 9.17) is 9.47 Å². The van der Waals surface area contributed by atoms with E-state index in [0.717, 1.165) is 11.5 Å². The van der Waals surface area contributed by atoms with E-state index >= 15 is 0 Å². The van der Waals surface area contributed by atoms with Gasteiger partial charge in [0, 0.05) is 0 Å². The monoisotopic (exact) mass is 252 g/mol. The van der Waals surface area contributed by atoms with Crippen LogP contribution in [0.1, 0.15) is 0 Å². The highest BCUT2D eigenvalue weighted by Crippen LogP contribution is 2.06. The first kappa shape index (κ1) is 15.3. The number of hydrogen-bond donors (Lipinski definition) is 0. The van der Waals surface area contributed by atoms with E-state index in [9.17, 15) is 0 Å². The fourth-order valence-corrected chi connectivity index (χ4v) is 1.11. The molecule has 0 bridgehead atoms. The quantitative estimate of drug-likeness (QED) is 0.809. The number of rotatable bonds is 2. The van der Waals surface area contributed by atoms with Crippen LogP contribution < -0.4 is 9.47 Å². The van der Waals surface area contributed by atoms with Gasteiger partial charge in [-0.1, -0.05) is 36.4 Å². The van der Waals surface area contributed by atoms with Gasteiger partial charge in [0.05, 0.1) is 14.2 Å². The van der Waals surface area contributed by atoms with E-state index in [1.807, 2.05) is 60.7 Å². The summed E-state index contributed by atoms with van der Waals surface area (Å²) in [5.41, 5.74) is 0.